The van der Waals surface area contributed by atoms with Crippen molar-refractivity contribution in [1.82, 2.24) is 15.1 Å². The Morgan fingerprint density at radius 2 is 2.05 bits per heavy atom. The molecule has 0 saturated heterocycles. The van der Waals surface area contributed by atoms with E-state index in [2.05, 4.69) is 51.8 Å². The highest BCUT2D eigenvalue weighted by Gasteiger charge is 2.23. The number of halogens is 1. The quantitative estimate of drug-likeness (QED) is 0.884. The summed E-state index contributed by atoms with van der Waals surface area (Å²) in [5, 5.41) is 8.34. The van der Waals surface area contributed by atoms with Crippen LogP contribution >= 0.6 is 15.9 Å². The van der Waals surface area contributed by atoms with Gasteiger partial charge < -0.3 is 5.32 Å². The summed E-state index contributed by atoms with van der Waals surface area (Å²) >= 11 is 3.68. The fraction of sp³-hybridized carbons (Fsp3) is 0.800. The third-order valence-electron chi connectivity index (χ3n) is 4.42. The predicted octanol–water partition coefficient (Wildman–Crippen LogP) is 4.03. The predicted molar refractivity (Wildman–Crippen MR) is 83.2 cm³/mol. The molecule has 4 heteroatoms. The highest BCUT2D eigenvalue weighted by molar-refractivity contribution is 9.10. The number of aryl methyl sites for hydroxylation is 2. The largest absolute Gasteiger partial charge is 0.308 e. The van der Waals surface area contributed by atoms with Crippen LogP contribution in [0, 0.1) is 12.8 Å². The van der Waals surface area contributed by atoms with Crippen LogP contribution in [0.25, 0.3) is 0 Å². The lowest BCUT2D eigenvalue weighted by Gasteiger charge is -2.31. The fourth-order valence-electron chi connectivity index (χ4n) is 3.23. The minimum absolute atomic E-state index is 0.686. The summed E-state index contributed by atoms with van der Waals surface area (Å²) in [6, 6.07) is 0.686. The summed E-state index contributed by atoms with van der Waals surface area (Å²) in [5.74, 6) is 0.853. The molecule has 2 rings (SSSR count). The molecule has 1 aromatic heterocycles. The fourth-order valence-corrected chi connectivity index (χ4v) is 3.65. The molecule has 1 aliphatic carbocycles. The van der Waals surface area contributed by atoms with Gasteiger partial charge in [-0.15, -0.1) is 0 Å². The Morgan fingerprint density at radius 3 is 2.74 bits per heavy atom. The van der Waals surface area contributed by atoms with Crippen molar-refractivity contribution in [1.29, 1.82) is 0 Å². The van der Waals surface area contributed by atoms with Gasteiger partial charge in [-0.3, -0.25) is 4.68 Å². The molecule has 1 N–H and O–H groups in total. The third-order valence-corrected chi connectivity index (χ3v) is 5.45. The number of nitrogens with one attached hydrogen (secondary N) is 1. The van der Waals surface area contributed by atoms with Gasteiger partial charge in [-0.05, 0) is 48.5 Å². The smallest absolute Gasteiger partial charge is 0.0739 e. The molecule has 0 radical (unpaired) electrons. The highest BCUT2D eigenvalue weighted by Crippen LogP contribution is 2.28. The van der Waals surface area contributed by atoms with Crippen LogP contribution in [-0.2, 0) is 13.1 Å². The Morgan fingerprint density at radius 1 is 1.32 bits per heavy atom. The maximum atomic E-state index is 4.56. The molecule has 1 aromatic rings. The maximum absolute atomic E-state index is 4.56. The van der Waals surface area contributed by atoms with E-state index in [1.165, 1.54) is 42.3 Å². The van der Waals surface area contributed by atoms with Crippen LogP contribution in [0.1, 0.15) is 57.3 Å². The van der Waals surface area contributed by atoms with Crippen LogP contribution in [0.2, 0.25) is 0 Å². The van der Waals surface area contributed by atoms with E-state index in [-0.39, 0.29) is 0 Å². The van der Waals surface area contributed by atoms with Gasteiger partial charge in [0, 0.05) is 19.1 Å². The van der Waals surface area contributed by atoms with E-state index < -0.39 is 0 Å². The number of aromatic nitrogens is 2. The first-order chi connectivity index (χ1) is 9.17. The van der Waals surface area contributed by atoms with Crippen LogP contribution in [0.15, 0.2) is 4.47 Å². The van der Waals surface area contributed by atoms with Crippen molar-refractivity contribution in [3.63, 3.8) is 0 Å². The van der Waals surface area contributed by atoms with Crippen LogP contribution in [0.5, 0.6) is 0 Å². The minimum Gasteiger partial charge on any atom is -0.308 e. The molecule has 0 bridgehead atoms. The number of hydrogen-bond acceptors (Lipinski definition) is 2. The molecular weight excluding hydrogens is 302 g/mol. The van der Waals surface area contributed by atoms with Gasteiger partial charge in [0.15, 0.2) is 0 Å². The van der Waals surface area contributed by atoms with Crippen LogP contribution in [-0.4, -0.2) is 15.8 Å². The van der Waals surface area contributed by atoms with Crippen molar-refractivity contribution in [3.05, 3.63) is 15.9 Å². The summed E-state index contributed by atoms with van der Waals surface area (Å²) in [6.45, 7) is 8.40. The van der Waals surface area contributed by atoms with Crippen LogP contribution in [0.3, 0.4) is 0 Å². The van der Waals surface area contributed by atoms with Crippen molar-refractivity contribution in [3.8, 4) is 0 Å². The molecule has 0 spiro atoms. The molecule has 0 amide bonds. The third kappa shape index (κ3) is 3.40. The Hall–Kier alpha value is -0.350. The van der Waals surface area contributed by atoms with Crippen molar-refractivity contribution in [2.24, 2.45) is 5.92 Å². The first kappa shape index (κ1) is 15.0. The molecule has 0 aromatic carbocycles. The molecule has 1 heterocycles. The Bertz CT molecular complexity index is 414. The van der Waals surface area contributed by atoms with E-state index in [1.54, 1.807) is 0 Å². The normalized spacial score (nSPS) is 23.8. The molecule has 2 unspecified atom stereocenters. The van der Waals surface area contributed by atoms with Gasteiger partial charge in [0.25, 0.3) is 0 Å². The summed E-state index contributed by atoms with van der Waals surface area (Å²) in [6.07, 6.45) is 6.80. The zero-order chi connectivity index (χ0) is 13.8. The Balaban J connectivity index is 2.01. The van der Waals surface area contributed by atoms with Gasteiger partial charge in [0.1, 0.15) is 0 Å². The lowest BCUT2D eigenvalue weighted by Crippen LogP contribution is -2.38. The lowest BCUT2D eigenvalue weighted by atomic mass is 9.83. The van der Waals surface area contributed by atoms with Gasteiger partial charge >= 0.3 is 0 Å². The monoisotopic (exact) mass is 327 g/mol. The molecule has 3 nitrogen and oxygen atoms in total. The molecule has 1 fully saturated rings. The minimum atomic E-state index is 0.686. The average Bonchev–Trinajstić information content (AvgIpc) is 2.72. The summed E-state index contributed by atoms with van der Waals surface area (Å²) < 4.78 is 3.28. The summed E-state index contributed by atoms with van der Waals surface area (Å²) in [4.78, 5) is 0. The summed E-state index contributed by atoms with van der Waals surface area (Å²) in [5.41, 5.74) is 2.38. The molecule has 1 saturated carbocycles. The van der Waals surface area contributed by atoms with Crippen molar-refractivity contribution in [2.45, 2.75) is 72.0 Å². The van der Waals surface area contributed by atoms with E-state index in [4.69, 9.17) is 0 Å². The molecule has 1 aliphatic rings. The van der Waals surface area contributed by atoms with Crippen LogP contribution < -0.4 is 5.32 Å². The SMILES string of the molecule is CCC1CCCCC1NCc1c(Br)c(C)nn1CC. The Kier molecular flexibility index (Phi) is 5.46. The van der Waals surface area contributed by atoms with Gasteiger partial charge in [-0.1, -0.05) is 26.2 Å². The zero-order valence-electron chi connectivity index (χ0n) is 12.4. The molecule has 108 valence electrons. The molecule has 2 atom stereocenters. The van der Waals surface area contributed by atoms with E-state index >= 15 is 0 Å². The van der Waals surface area contributed by atoms with Gasteiger partial charge in [0.05, 0.1) is 15.9 Å². The van der Waals surface area contributed by atoms with E-state index in [0.29, 0.717) is 6.04 Å². The topological polar surface area (TPSA) is 29.9 Å². The van der Waals surface area contributed by atoms with Crippen molar-refractivity contribution < 1.29 is 0 Å². The standard InChI is InChI=1S/C15H26BrN3/c1-4-12-8-6-7-9-13(12)17-10-14-15(16)11(3)18-19(14)5-2/h12-13,17H,4-10H2,1-3H3. The molecule has 19 heavy (non-hydrogen) atoms. The van der Waals surface area contributed by atoms with E-state index in [9.17, 15) is 0 Å². The summed E-state index contributed by atoms with van der Waals surface area (Å²) in [7, 11) is 0. The highest BCUT2D eigenvalue weighted by atomic mass is 79.9. The van der Waals surface area contributed by atoms with E-state index in [1.807, 2.05) is 0 Å². The van der Waals surface area contributed by atoms with Crippen molar-refractivity contribution >= 4 is 15.9 Å². The zero-order valence-corrected chi connectivity index (χ0v) is 14.0. The molecule has 0 aliphatic heterocycles. The van der Waals surface area contributed by atoms with Gasteiger partial charge in [-0.25, -0.2) is 0 Å². The Labute approximate surface area is 125 Å². The van der Waals surface area contributed by atoms with E-state index in [0.717, 1.165) is 24.7 Å². The van der Waals surface area contributed by atoms with Crippen molar-refractivity contribution in [2.75, 3.05) is 0 Å². The number of hydrogen-bond donors (Lipinski definition) is 1. The first-order valence-corrected chi connectivity index (χ1v) is 8.41. The second kappa shape index (κ2) is 6.89. The van der Waals surface area contributed by atoms with Gasteiger partial charge in [-0.2, -0.15) is 5.10 Å². The van der Waals surface area contributed by atoms with Gasteiger partial charge in [0.2, 0.25) is 0 Å². The van der Waals surface area contributed by atoms with Crippen LogP contribution in [0.4, 0.5) is 0 Å². The number of nitrogens with zero attached hydrogens (tertiary/aromatic N) is 2. The lowest BCUT2D eigenvalue weighted by molar-refractivity contribution is 0.252. The second-order valence-electron chi connectivity index (χ2n) is 5.60. The maximum Gasteiger partial charge on any atom is 0.0739 e. The average molecular weight is 328 g/mol. The molecular formula is C15H26BrN3. The second-order valence-corrected chi connectivity index (χ2v) is 6.40. The first-order valence-electron chi connectivity index (χ1n) is 7.62. The number of rotatable bonds is 5.